The van der Waals surface area contributed by atoms with Gasteiger partial charge in [0.15, 0.2) is 0 Å². The zero-order chi connectivity index (χ0) is 26.9. The fraction of sp³-hybridized carbons (Fsp3) is 0.679. The van der Waals surface area contributed by atoms with Crippen molar-refractivity contribution in [3.8, 4) is 0 Å². The molecule has 0 spiro atoms. The zero-order valence-electron chi connectivity index (χ0n) is 23.5. The third-order valence-corrected chi connectivity index (χ3v) is 5.93. The molecule has 3 atom stereocenters. The Hall–Kier alpha value is -2.57. The quantitative estimate of drug-likeness (QED) is 0.433. The van der Waals surface area contributed by atoms with E-state index < -0.39 is 23.8 Å². The van der Waals surface area contributed by atoms with E-state index in [-0.39, 0.29) is 23.8 Å². The number of benzene rings is 1. The van der Waals surface area contributed by atoms with Crippen molar-refractivity contribution in [2.75, 3.05) is 6.54 Å². The van der Waals surface area contributed by atoms with Crippen LogP contribution < -0.4 is 10.6 Å². The van der Waals surface area contributed by atoms with Crippen molar-refractivity contribution in [2.45, 2.75) is 112 Å². The fourth-order valence-corrected chi connectivity index (χ4v) is 4.16. The highest BCUT2D eigenvalue weighted by atomic mass is 16.6. The number of hydrogen-bond donors (Lipinski definition) is 2. The second kappa shape index (κ2) is 13.5. The topological polar surface area (TPSA) is 87.7 Å². The van der Waals surface area contributed by atoms with Crippen LogP contribution in [0.1, 0.15) is 97.4 Å². The molecule has 3 unspecified atom stereocenters. The molecule has 0 aromatic heterocycles. The summed E-state index contributed by atoms with van der Waals surface area (Å²) in [7, 11) is 0. The molecule has 35 heavy (non-hydrogen) atoms. The van der Waals surface area contributed by atoms with Crippen LogP contribution in [0.5, 0.6) is 0 Å². The summed E-state index contributed by atoms with van der Waals surface area (Å²) in [5, 5.41) is 5.87. The molecule has 0 aliphatic heterocycles. The molecule has 0 fully saturated rings. The van der Waals surface area contributed by atoms with Gasteiger partial charge >= 0.3 is 6.09 Å². The molecule has 1 rings (SSSR count). The van der Waals surface area contributed by atoms with E-state index in [1.165, 1.54) is 0 Å². The van der Waals surface area contributed by atoms with Crippen LogP contribution in [0.25, 0.3) is 0 Å². The number of rotatable bonds is 11. The molecule has 1 aromatic rings. The van der Waals surface area contributed by atoms with Crippen LogP contribution in [0.3, 0.4) is 0 Å². The van der Waals surface area contributed by atoms with E-state index in [4.69, 9.17) is 4.74 Å². The van der Waals surface area contributed by atoms with Crippen molar-refractivity contribution in [1.29, 1.82) is 0 Å². The second-order valence-corrected chi connectivity index (χ2v) is 10.8. The number of nitrogens with zero attached hydrogens (tertiary/aromatic N) is 1. The number of likely N-dealkylation sites (N-methyl/N-ethyl adjacent to an activating group) is 1. The first-order valence-corrected chi connectivity index (χ1v) is 12.9. The van der Waals surface area contributed by atoms with Crippen molar-refractivity contribution in [3.05, 3.63) is 34.9 Å². The highest BCUT2D eigenvalue weighted by Crippen LogP contribution is 2.28. The van der Waals surface area contributed by atoms with Crippen LogP contribution in [0, 0.1) is 19.8 Å². The first kappa shape index (κ1) is 30.5. The predicted molar refractivity (Wildman–Crippen MR) is 141 cm³/mol. The van der Waals surface area contributed by atoms with Gasteiger partial charge in [0, 0.05) is 12.6 Å². The van der Waals surface area contributed by atoms with Gasteiger partial charge in [-0.3, -0.25) is 9.59 Å². The van der Waals surface area contributed by atoms with Gasteiger partial charge in [-0.2, -0.15) is 0 Å². The first-order chi connectivity index (χ1) is 16.2. The minimum Gasteiger partial charge on any atom is -0.444 e. The van der Waals surface area contributed by atoms with E-state index in [9.17, 15) is 14.4 Å². The van der Waals surface area contributed by atoms with E-state index in [0.29, 0.717) is 13.0 Å². The molecule has 7 heteroatoms. The molecule has 1 aromatic carbocycles. The molecule has 0 aliphatic carbocycles. The third kappa shape index (κ3) is 9.54. The third-order valence-electron chi connectivity index (χ3n) is 5.93. The Labute approximate surface area is 212 Å². The summed E-state index contributed by atoms with van der Waals surface area (Å²) in [6, 6.07) is 4.19. The van der Waals surface area contributed by atoms with E-state index in [0.717, 1.165) is 29.5 Å². The van der Waals surface area contributed by atoms with Crippen molar-refractivity contribution in [2.24, 2.45) is 5.92 Å². The maximum absolute atomic E-state index is 13.9. The molecule has 0 bridgehead atoms. The number of amides is 3. The number of hydrogen-bond acceptors (Lipinski definition) is 4. The van der Waals surface area contributed by atoms with Gasteiger partial charge in [-0.1, -0.05) is 45.4 Å². The highest BCUT2D eigenvalue weighted by Gasteiger charge is 2.36. The van der Waals surface area contributed by atoms with Crippen molar-refractivity contribution in [3.63, 3.8) is 0 Å². The lowest BCUT2D eigenvalue weighted by molar-refractivity contribution is -0.142. The maximum Gasteiger partial charge on any atom is 0.408 e. The number of nitrogens with one attached hydrogen (secondary N) is 2. The molecular weight excluding hydrogens is 442 g/mol. The summed E-state index contributed by atoms with van der Waals surface area (Å²) in [5.74, 6) is -0.359. The Morgan fingerprint density at radius 3 is 2.17 bits per heavy atom. The predicted octanol–water partition coefficient (Wildman–Crippen LogP) is 5.44. The van der Waals surface area contributed by atoms with E-state index in [2.05, 4.69) is 17.6 Å². The van der Waals surface area contributed by atoms with E-state index in [1.807, 2.05) is 59.7 Å². The Morgan fingerprint density at radius 1 is 1.03 bits per heavy atom. The number of carbonyl (C=O) groups is 3. The number of carbonyl (C=O) groups excluding carboxylic acids is 3. The van der Waals surface area contributed by atoms with Crippen LogP contribution in [0.4, 0.5) is 4.79 Å². The van der Waals surface area contributed by atoms with Gasteiger partial charge in [0.2, 0.25) is 11.8 Å². The summed E-state index contributed by atoms with van der Waals surface area (Å²) in [6.45, 7) is 19.5. The van der Waals surface area contributed by atoms with Crippen molar-refractivity contribution in [1.82, 2.24) is 15.5 Å². The minimum atomic E-state index is -0.807. The van der Waals surface area contributed by atoms with Crippen LogP contribution in [0.2, 0.25) is 0 Å². The van der Waals surface area contributed by atoms with Gasteiger partial charge in [-0.15, -0.1) is 0 Å². The van der Waals surface area contributed by atoms with Crippen LogP contribution in [0.15, 0.2) is 18.2 Å². The Kier molecular flexibility index (Phi) is 11.7. The molecule has 7 nitrogen and oxygen atoms in total. The van der Waals surface area contributed by atoms with Crippen molar-refractivity contribution >= 4 is 17.9 Å². The van der Waals surface area contributed by atoms with E-state index in [1.54, 1.807) is 25.7 Å². The lowest BCUT2D eigenvalue weighted by Gasteiger charge is -2.35. The van der Waals surface area contributed by atoms with Crippen LogP contribution in [-0.4, -0.2) is 47.0 Å². The molecule has 3 amide bonds. The minimum absolute atomic E-state index is 0.0136. The SMILES string of the molecule is CCCC(C)NC(=O)C(c1cccc(C)c1C)N(CC)C(=O)C(CC(C)C)NC(=O)OC(C)(C)C. The maximum atomic E-state index is 13.9. The molecule has 198 valence electrons. The molecule has 2 N–H and O–H groups in total. The lowest BCUT2D eigenvalue weighted by Crippen LogP contribution is -2.54. The summed E-state index contributed by atoms with van der Waals surface area (Å²) in [4.78, 5) is 41.7. The molecule has 0 aliphatic rings. The number of aryl methyl sites for hydroxylation is 1. The van der Waals surface area contributed by atoms with Gasteiger partial charge in [0.25, 0.3) is 0 Å². The largest absolute Gasteiger partial charge is 0.444 e. The summed E-state index contributed by atoms with van der Waals surface area (Å²) >= 11 is 0. The molecule has 0 radical (unpaired) electrons. The van der Waals surface area contributed by atoms with E-state index >= 15 is 0 Å². The van der Waals surface area contributed by atoms with Crippen LogP contribution in [-0.2, 0) is 14.3 Å². The van der Waals surface area contributed by atoms with Gasteiger partial charge in [-0.05, 0) is 83.9 Å². The normalized spacial score (nSPS) is 14.1. The summed E-state index contributed by atoms with van der Waals surface area (Å²) in [5.41, 5.74) is 2.14. The number of alkyl carbamates (subject to hydrolysis) is 1. The molecular formula is C28H47N3O4. The lowest BCUT2D eigenvalue weighted by atomic mass is 9.94. The standard InChI is InChI=1S/C28H47N3O4/c1-11-14-20(6)29-25(32)24(22-16-13-15-19(5)21(22)7)31(12-2)26(33)23(17-18(3)4)30-27(34)35-28(8,9)10/h13,15-16,18,20,23-24H,11-12,14,17H2,1-10H3,(H,29,32)(H,30,34). The number of ether oxygens (including phenoxy) is 1. The second-order valence-electron chi connectivity index (χ2n) is 10.8. The molecule has 0 saturated heterocycles. The Morgan fingerprint density at radius 2 is 1.66 bits per heavy atom. The zero-order valence-corrected chi connectivity index (χ0v) is 23.5. The van der Waals surface area contributed by atoms with Gasteiger partial charge in [-0.25, -0.2) is 4.79 Å². The first-order valence-electron chi connectivity index (χ1n) is 12.9. The Balaban J connectivity index is 3.44. The van der Waals surface area contributed by atoms with Gasteiger partial charge in [0.05, 0.1) is 0 Å². The average Bonchev–Trinajstić information content (AvgIpc) is 2.71. The summed E-state index contributed by atoms with van der Waals surface area (Å²) < 4.78 is 5.42. The average molecular weight is 490 g/mol. The highest BCUT2D eigenvalue weighted by molar-refractivity contribution is 5.92. The Bertz CT molecular complexity index is 860. The molecule has 0 saturated carbocycles. The monoisotopic (exact) mass is 489 g/mol. The van der Waals surface area contributed by atoms with Gasteiger partial charge in [0.1, 0.15) is 17.7 Å². The molecule has 0 heterocycles. The summed E-state index contributed by atoms with van der Waals surface area (Å²) in [6.07, 6.45) is 1.59. The van der Waals surface area contributed by atoms with Gasteiger partial charge < -0.3 is 20.3 Å². The van der Waals surface area contributed by atoms with Crippen molar-refractivity contribution < 1.29 is 19.1 Å². The van der Waals surface area contributed by atoms with Crippen LogP contribution >= 0.6 is 0 Å². The smallest absolute Gasteiger partial charge is 0.408 e. The fourth-order valence-electron chi connectivity index (χ4n) is 4.16.